The van der Waals surface area contributed by atoms with E-state index < -0.39 is 10.1 Å². The summed E-state index contributed by atoms with van der Waals surface area (Å²) in [5.41, 5.74) is 4.41. The first-order valence-electron chi connectivity index (χ1n) is 12.0. The summed E-state index contributed by atoms with van der Waals surface area (Å²) in [6.45, 7) is 9.35. The van der Waals surface area contributed by atoms with Crippen molar-refractivity contribution in [2.75, 3.05) is 31.4 Å². The maximum atomic E-state index is 13.3. The molecule has 1 unspecified atom stereocenters. The molecule has 5 rings (SSSR count). The number of nitrogens with zero attached hydrogens (tertiary/aromatic N) is 2. The quantitative estimate of drug-likeness (QED) is 0.263. The molecule has 38 heavy (non-hydrogen) atoms. The van der Waals surface area contributed by atoms with Crippen LogP contribution in [0.2, 0.25) is 0 Å². The fraction of sp³-hybridized carbons (Fsp3) is 0.333. The highest BCUT2D eigenvalue weighted by Crippen LogP contribution is 2.51. The van der Waals surface area contributed by atoms with Crippen molar-refractivity contribution < 1.29 is 27.1 Å². The average Bonchev–Trinajstić information content (AvgIpc) is 3.59. The smallest absolute Gasteiger partial charge is 0.430 e. The van der Waals surface area contributed by atoms with Gasteiger partial charge in [0.2, 0.25) is 0 Å². The number of amides is 1. The molecule has 3 aliphatic rings. The molecule has 1 amide bonds. The van der Waals surface area contributed by atoms with Crippen LogP contribution in [0.1, 0.15) is 29.5 Å². The number of hydrogen-bond acceptors (Lipinski definition) is 9. The van der Waals surface area contributed by atoms with Crippen molar-refractivity contribution >= 4 is 67.5 Å². The number of rotatable bonds is 4. The number of ether oxygens (including phenoxy) is 1. The van der Waals surface area contributed by atoms with Gasteiger partial charge >= 0.3 is 5.91 Å². The second-order valence-electron chi connectivity index (χ2n) is 9.03. The van der Waals surface area contributed by atoms with Crippen LogP contribution in [-0.2, 0) is 19.6 Å². The lowest BCUT2D eigenvalue weighted by molar-refractivity contribution is -0.448. The zero-order chi connectivity index (χ0) is 27.6. The minimum Gasteiger partial charge on any atom is -0.744 e. The Morgan fingerprint density at radius 3 is 2.50 bits per heavy atom. The van der Waals surface area contributed by atoms with E-state index in [0.29, 0.717) is 6.54 Å². The van der Waals surface area contributed by atoms with Gasteiger partial charge in [-0.15, -0.1) is 4.58 Å². The van der Waals surface area contributed by atoms with Crippen molar-refractivity contribution in [3.63, 3.8) is 0 Å². The number of anilines is 1. The van der Waals surface area contributed by atoms with Gasteiger partial charge in [-0.2, -0.15) is 0 Å². The Balaban J connectivity index is 0.000000257. The van der Waals surface area contributed by atoms with Crippen molar-refractivity contribution in [1.29, 1.82) is 0 Å². The Hall–Kier alpha value is -2.02. The van der Waals surface area contributed by atoms with Gasteiger partial charge in [0.1, 0.15) is 21.3 Å². The van der Waals surface area contributed by atoms with Crippen molar-refractivity contribution in [3.05, 3.63) is 69.6 Å². The fourth-order valence-electron chi connectivity index (χ4n) is 4.38. The molecular formula is C27H30N2O5S4. The van der Waals surface area contributed by atoms with Gasteiger partial charge in [-0.3, -0.25) is 0 Å². The highest BCUT2D eigenvalue weighted by molar-refractivity contribution is 8.40. The van der Waals surface area contributed by atoms with Crippen LogP contribution in [0.3, 0.4) is 0 Å². The molecule has 2 aromatic rings. The molecule has 1 saturated heterocycles. The summed E-state index contributed by atoms with van der Waals surface area (Å²) in [4.78, 5) is 17.2. The zero-order valence-corrected chi connectivity index (χ0v) is 25.0. The summed E-state index contributed by atoms with van der Waals surface area (Å²) in [6.07, 6.45) is 6.21. The maximum Gasteiger partial charge on any atom is 0.430 e. The van der Waals surface area contributed by atoms with E-state index >= 15 is 0 Å². The van der Waals surface area contributed by atoms with Gasteiger partial charge in [0.25, 0.3) is 4.38 Å². The van der Waals surface area contributed by atoms with Crippen molar-refractivity contribution in [2.24, 2.45) is 0 Å². The Labute approximate surface area is 237 Å². The highest BCUT2D eigenvalue weighted by atomic mass is 32.2. The summed E-state index contributed by atoms with van der Waals surface area (Å²) >= 11 is 4.90. The molecule has 0 N–H and O–H groups in total. The third kappa shape index (κ3) is 6.08. The number of fused-ring (bicyclic) bond motifs is 1. The van der Waals surface area contributed by atoms with Gasteiger partial charge in [-0.05, 0) is 56.7 Å². The SMILES string of the molecule is C=Cc1c(C)ccc2c1N(C)C(=C1SC(SC)=[N+](CC3CCCO3)C1=O)S2.Cc1ccc(S(=O)(=O)[O-])cc1. The Bertz CT molecular complexity index is 1430. The topological polar surface area (TPSA) is 89.8 Å². The van der Waals surface area contributed by atoms with Crippen LogP contribution in [0.5, 0.6) is 0 Å². The minimum absolute atomic E-state index is 0.0962. The predicted octanol–water partition coefficient (Wildman–Crippen LogP) is 5.43. The van der Waals surface area contributed by atoms with E-state index in [0.717, 1.165) is 50.6 Å². The monoisotopic (exact) mass is 590 g/mol. The van der Waals surface area contributed by atoms with E-state index in [1.807, 2.05) is 30.9 Å². The summed E-state index contributed by atoms with van der Waals surface area (Å²) in [6, 6.07) is 10.0. The second kappa shape index (κ2) is 12.0. The number of carbonyl (C=O) groups is 1. The van der Waals surface area contributed by atoms with Gasteiger partial charge < -0.3 is 14.2 Å². The second-order valence-corrected chi connectivity index (χ2v) is 13.5. The van der Waals surface area contributed by atoms with Crippen molar-refractivity contribution in [3.8, 4) is 0 Å². The fourth-order valence-corrected chi connectivity index (χ4v) is 8.02. The first-order chi connectivity index (χ1) is 18.0. The van der Waals surface area contributed by atoms with Gasteiger partial charge in [0.15, 0.2) is 11.4 Å². The molecule has 0 aromatic heterocycles. The first-order valence-corrected chi connectivity index (χ1v) is 16.3. The lowest BCUT2D eigenvalue weighted by Crippen LogP contribution is -2.29. The van der Waals surface area contributed by atoms with E-state index in [-0.39, 0.29) is 16.9 Å². The Morgan fingerprint density at radius 2 is 1.92 bits per heavy atom. The van der Waals surface area contributed by atoms with E-state index in [1.165, 1.54) is 22.6 Å². The summed E-state index contributed by atoms with van der Waals surface area (Å²) < 4.78 is 39.9. The normalized spacial score (nSPS) is 21.0. The van der Waals surface area contributed by atoms with Crippen LogP contribution in [0.25, 0.3) is 6.08 Å². The van der Waals surface area contributed by atoms with Crippen molar-refractivity contribution in [2.45, 2.75) is 42.6 Å². The molecule has 3 aliphatic heterocycles. The van der Waals surface area contributed by atoms with E-state index in [2.05, 4.69) is 30.5 Å². The Morgan fingerprint density at radius 1 is 1.21 bits per heavy atom. The predicted molar refractivity (Wildman–Crippen MR) is 157 cm³/mol. The summed E-state index contributed by atoms with van der Waals surface area (Å²) in [5.74, 6) is 0.0962. The van der Waals surface area contributed by atoms with Crippen LogP contribution in [0, 0.1) is 13.8 Å². The molecule has 0 saturated carbocycles. The van der Waals surface area contributed by atoms with Crippen LogP contribution in [0.4, 0.5) is 5.69 Å². The van der Waals surface area contributed by atoms with Crippen LogP contribution < -0.4 is 4.90 Å². The Kier molecular flexibility index (Phi) is 9.16. The van der Waals surface area contributed by atoms with Gasteiger partial charge in [-0.1, -0.05) is 59.9 Å². The molecule has 11 heteroatoms. The molecule has 1 fully saturated rings. The number of thioether (sulfide) groups is 3. The largest absolute Gasteiger partial charge is 0.744 e. The first kappa shape index (κ1) is 29.0. The average molecular weight is 591 g/mol. The number of benzene rings is 2. The van der Waals surface area contributed by atoms with Crippen LogP contribution in [-0.4, -0.2) is 60.4 Å². The molecule has 3 heterocycles. The summed E-state index contributed by atoms with van der Waals surface area (Å²) in [5, 5.41) is 1.01. The molecule has 0 bridgehead atoms. The molecule has 202 valence electrons. The lowest BCUT2D eigenvalue weighted by Gasteiger charge is -2.17. The number of hydrogen-bond donors (Lipinski definition) is 0. The van der Waals surface area contributed by atoms with Crippen LogP contribution in [0.15, 0.2) is 62.7 Å². The molecule has 0 aliphatic carbocycles. The third-order valence-corrected chi connectivity index (χ3v) is 10.9. The lowest BCUT2D eigenvalue weighted by atomic mass is 10.1. The van der Waals surface area contributed by atoms with Crippen molar-refractivity contribution in [1.82, 2.24) is 0 Å². The van der Waals surface area contributed by atoms with E-state index in [4.69, 9.17) is 4.74 Å². The molecule has 0 spiro atoms. The number of aryl methyl sites for hydroxylation is 2. The van der Waals surface area contributed by atoms with Gasteiger partial charge in [-0.25, -0.2) is 13.2 Å². The van der Waals surface area contributed by atoms with Crippen LogP contribution >= 0.6 is 35.3 Å². The van der Waals surface area contributed by atoms with Gasteiger partial charge in [0, 0.05) is 35.9 Å². The van der Waals surface area contributed by atoms with Gasteiger partial charge in [0.05, 0.1) is 10.6 Å². The molecular weight excluding hydrogens is 561 g/mol. The van der Waals surface area contributed by atoms with E-state index in [1.54, 1.807) is 47.4 Å². The molecule has 2 aromatic carbocycles. The maximum absolute atomic E-state index is 13.3. The molecule has 7 nitrogen and oxygen atoms in total. The van der Waals surface area contributed by atoms with E-state index in [9.17, 15) is 17.8 Å². The molecule has 1 atom stereocenters. The standard InChI is InChI=1S/C20H23N2O2S3.C7H8O3S/c1-5-14-12(2)8-9-15-16(14)21(3)19(26-15)17-18(23)22(20(25-4)27-17)11-13-7-6-10-24-13;1-6-2-4-7(5-3-6)11(8,9)10/h5,8-9,13H,1,6-7,10-11H2,2-4H3;2-5H,1H3,(H,8,9,10)/q+1;/p-1. The third-order valence-electron chi connectivity index (χ3n) is 6.39. The molecule has 0 radical (unpaired) electrons. The number of carbonyl (C=O) groups excluding carboxylic acids is 1. The minimum atomic E-state index is -4.27. The summed E-state index contributed by atoms with van der Waals surface area (Å²) in [7, 11) is -2.22. The highest BCUT2D eigenvalue weighted by Gasteiger charge is 2.44. The zero-order valence-electron chi connectivity index (χ0n) is 21.7.